The van der Waals surface area contributed by atoms with Gasteiger partial charge >= 0.3 is 6.18 Å². The second-order valence-electron chi connectivity index (χ2n) is 7.02. The summed E-state index contributed by atoms with van der Waals surface area (Å²) >= 11 is 0. The first-order chi connectivity index (χ1) is 13.1. The number of amides is 1. The van der Waals surface area contributed by atoms with Crippen LogP contribution in [0.25, 0.3) is 0 Å². The molecule has 0 unspecified atom stereocenters. The molecule has 150 valence electrons. The van der Waals surface area contributed by atoms with E-state index < -0.39 is 24.4 Å². The van der Waals surface area contributed by atoms with E-state index in [0.717, 1.165) is 24.0 Å². The number of aliphatic hydroxyl groups is 1. The van der Waals surface area contributed by atoms with Crippen molar-refractivity contribution in [2.24, 2.45) is 0 Å². The minimum atomic E-state index is -4.41. The summed E-state index contributed by atoms with van der Waals surface area (Å²) in [6.07, 6.45) is -1.51. The summed E-state index contributed by atoms with van der Waals surface area (Å²) in [5, 5.41) is 12.9. The van der Waals surface area contributed by atoms with Crippen LogP contribution in [0.4, 0.5) is 13.2 Å². The molecule has 1 saturated carbocycles. The van der Waals surface area contributed by atoms with Crippen LogP contribution in [0.3, 0.4) is 0 Å². The maximum Gasteiger partial charge on any atom is 0.422 e. The van der Waals surface area contributed by atoms with E-state index >= 15 is 0 Å². The topological polar surface area (TPSA) is 71.5 Å². The Morgan fingerprint density at radius 1 is 1.25 bits per heavy atom. The molecule has 5 nitrogen and oxygen atoms in total. The van der Waals surface area contributed by atoms with Gasteiger partial charge < -0.3 is 15.2 Å². The second kappa shape index (κ2) is 7.79. The number of ether oxygens (including phenoxy) is 1. The first-order valence-corrected chi connectivity index (χ1v) is 8.91. The van der Waals surface area contributed by atoms with Gasteiger partial charge in [-0.2, -0.15) is 13.2 Å². The number of nitrogens with one attached hydrogen (secondary N) is 1. The molecule has 1 amide bonds. The van der Waals surface area contributed by atoms with Crippen LogP contribution in [0.5, 0.6) is 5.75 Å². The van der Waals surface area contributed by atoms with E-state index in [-0.39, 0.29) is 18.1 Å². The molecule has 1 aliphatic rings. The zero-order valence-electron chi connectivity index (χ0n) is 15.3. The van der Waals surface area contributed by atoms with Crippen molar-refractivity contribution < 1.29 is 27.8 Å². The molecule has 2 N–H and O–H groups in total. The molecule has 1 aliphatic carbocycles. The van der Waals surface area contributed by atoms with Crippen LogP contribution < -0.4 is 10.1 Å². The predicted octanol–water partition coefficient (Wildman–Crippen LogP) is 3.42. The molecule has 1 fully saturated rings. The maximum atomic E-state index is 12.2. The summed E-state index contributed by atoms with van der Waals surface area (Å²) < 4.78 is 41.1. The monoisotopic (exact) mass is 394 g/mol. The number of carbonyl (C=O) groups is 1. The lowest BCUT2D eigenvalue weighted by Crippen LogP contribution is -2.28. The number of rotatable bonds is 7. The van der Waals surface area contributed by atoms with Gasteiger partial charge in [-0.1, -0.05) is 24.3 Å². The molecular formula is C20H21F3N2O3. The Kier molecular flexibility index (Phi) is 5.60. The van der Waals surface area contributed by atoms with E-state index in [4.69, 9.17) is 0 Å². The molecule has 1 aromatic carbocycles. The third-order valence-corrected chi connectivity index (χ3v) is 4.56. The number of benzene rings is 1. The number of alkyl halides is 3. The summed E-state index contributed by atoms with van der Waals surface area (Å²) in [6, 6.07) is 9.80. The number of hydrogen-bond acceptors (Lipinski definition) is 4. The fourth-order valence-electron chi connectivity index (χ4n) is 2.79. The van der Waals surface area contributed by atoms with Crippen molar-refractivity contribution in [3.8, 4) is 5.75 Å². The average Bonchev–Trinajstić information content (AvgIpc) is 3.39. The third-order valence-electron chi connectivity index (χ3n) is 4.56. The lowest BCUT2D eigenvalue weighted by Gasteiger charge is -2.15. The van der Waals surface area contributed by atoms with Gasteiger partial charge in [-0.25, -0.2) is 0 Å². The molecule has 28 heavy (non-hydrogen) atoms. The Bertz CT molecular complexity index is 816. The molecule has 0 spiro atoms. The van der Waals surface area contributed by atoms with Crippen LogP contribution >= 0.6 is 0 Å². The van der Waals surface area contributed by atoms with Crippen molar-refractivity contribution in [1.82, 2.24) is 10.3 Å². The van der Waals surface area contributed by atoms with Gasteiger partial charge in [0.1, 0.15) is 5.75 Å². The molecule has 0 radical (unpaired) electrons. The standard InChI is InChI=1S/C20H21F3N2O3/c1-13(17-7-6-16(11-24-17)28-12-20(21,22)23)25-18(26)10-14-2-4-15(5-3-14)19(27)8-9-19/h2-7,11,13,27H,8-10,12H2,1H3,(H,25,26)/t13-/m1/s1. The van der Waals surface area contributed by atoms with E-state index in [2.05, 4.69) is 15.0 Å². The Morgan fingerprint density at radius 3 is 2.46 bits per heavy atom. The molecule has 0 aliphatic heterocycles. The summed E-state index contributed by atoms with van der Waals surface area (Å²) in [6.45, 7) is 0.360. The number of carbonyl (C=O) groups excluding carboxylic acids is 1. The van der Waals surface area contributed by atoms with E-state index in [9.17, 15) is 23.1 Å². The number of pyridine rings is 1. The molecule has 3 rings (SSSR count). The van der Waals surface area contributed by atoms with Crippen molar-refractivity contribution in [1.29, 1.82) is 0 Å². The Balaban J connectivity index is 1.51. The molecule has 2 aromatic rings. The highest BCUT2D eigenvalue weighted by Crippen LogP contribution is 2.45. The average molecular weight is 394 g/mol. The van der Waals surface area contributed by atoms with Gasteiger partial charge in [0.15, 0.2) is 6.61 Å². The van der Waals surface area contributed by atoms with Crippen LogP contribution in [-0.4, -0.2) is 28.8 Å². The Hall–Kier alpha value is -2.61. The summed E-state index contributed by atoms with van der Waals surface area (Å²) in [4.78, 5) is 16.3. The summed E-state index contributed by atoms with van der Waals surface area (Å²) in [7, 11) is 0. The third kappa shape index (κ3) is 5.45. The number of hydrogen-bond donors (Lipinski definition) is 2. The van der Waals surface area contributed by atoms with E-state index in [0.29, 0.717) is 5.69 Å². The molecule has 1 atom stereocenters. The van der Waals surface area contributed by atoms with Crippen molar-refractivity contribution in [3.05, 3.63) is 59.4 Å². The normalized spacial score (nSPS) is 16.3. The zero-order valence-corrected chi connectivity index (χ0v) is 15.3. The van der Waals surface area contributed by atoms with Gasteiger partial charge in [-0.15, -0.1) is 0 Å². The number of aromatic nitrogens is 1. The quantitative estimate of drug-likeness (QED) is 0.755. The van der Waals surface area contributed by atoms with Crippen LogP contribution in [-0.2, 0) is 16.8 Å². The largest absolute Gasteiger partial charge is 0.483 e. The second-order valence-corrected chi connectivity index (χ2v) is 7.02. The minimum Gasteiger partial charge on any atom is -0.483 e. The van der Waals surface area contributed by atoms with Crippen molar-refractivity contribution in [3.63, 3.8) is 0 Å². The van der Waals surface area contributed by atoms with Crippen molar-refractivity contribution in [2.45, 2.75) is 44.0 Å². The van der Waals surface area contributed by atoms with E-state index in [1.165, 1.54) is 18.3 Å². The Labute approximate surface area is 160 Å². The molecule has 1 aromatic heterocycles. The smallest absolute Gasteiger partial charge is 0.422 e. The molecule has 0 saturated heterocycles. The van der Waals surface area contributed by atoms with Crippen LogP contribution in [0.1, 0.15) is 42.6 Å². The first-order valence-electron chi connectivity index (χ1n) is 8.91. The highest BCUT2D eigenvalue weighted by molar-refractivity contribution is 5.79. The van der Waals surface area contributed by atoms with Crippen molar-refractivity contribution >= 4 is 5.91 Å². The maximum absolute atomic E-state index is 12.2. The molecular weight excluding hydrogens is 373 g/mol. The fraction of sp³-hybridized carbons (Fsp3) is 0.400. The zero-order chi connectivity index (χ0) is 20.4. The highest BCUT2D eigenvalue weighted by atomic mass is 19.4. The predicted molar refractivity (Wildman–Crippen MR) is 95.6 cm³/mol. The molecule has 1 heterocycles. The van der Waals surface area contributed by atoms with Gasteiger partial charge in [-0.3, -0.25) is 9.78 Å². The van der Waals surface area contributed by atoms with Gasteiger partial charge in [0.2, 0.25) is 5.91 Å². The van der Waals surface area contributed by atoms with Crippen LogP contribution in [0, 0.1) is 0 Å². The lowest BCUT2D eigenvalue weighted by atomic mass is 10.0. The van der Waals surface area contributed by atoms with Gasteiger partial charge in [0.25, 0.3) is 0 Å². The van der Waals surface area contributed by atoms with Gasteiger partial charge in [0.05, 0.1) is 30.0 Å². The van der Waals surface area contributed by atoms with Crippen LogP contribution in [0.15, 0.2) is 42.6 Å². The fourth-order valence-corrected chi connectivity index (χ4v) is 2.79. The minimum absolute atomic E-state index is 0.0111. The van der Waals surface area contributed by atoms with Gasteiger partial charge in [0, 0.05) is 0 Å². The first kappa shape index (κ1) is 20.1. The number of halogens is 3. The summed E-state index contributed by atoms with van der Waals surface area (Å²) in [5.74, 6) is -0.193. The van der Waals surface area contributed by atoms with E-state index in [1.807, 2.05) is 24.3 Å². The Morgan fingerprint density at radius 2 is 1.93 bits per heavy atom. The summed E-state index contributed by atoms with van der Waals surface area (Å²) in [5.41, 5.74) is 1.50. The molecule has 8 heteroatoms. The lowest BCUT2D eigenvalue weighted by molar-refractivity contribution is -0.153. The highest BCUT2D eigenvalue weighted by Gasteiger charge is 2.41. The van der Waals surface area contributed by atoms with Crippen molar-refractivity contribution in [2.75, 3.05) is 6.61 Å². The molecule has 0 bridgehead atoms. The van der Waals surface area contributed by atoms with E-state index in [1.54, 1.807) is 6.92 Å². The SMILES string of the molecule is C[C@@H](NC(=O)Cc1ccc(C2(O)CC2)cc1)c1ccc(OCC(F)(F)F)cn1. The van der Waals surface area contributed by atoms with Crippen LogP contribution in [0.2, 0.25) is 0 Å². The van der Waals surface area contributed by atoms with Gasteiger partial charge in [-0.05, 0) is 43.0 Å². The number of nitrogens with zero attached hydrogens (tertiary/aromatic N) is 1.